The molecule has 34 heavy (non-hydrogen) atoms. The number of urea groups is 1. The molecule has 170 valence electrons. The third kappa shape index (κ3) is 4.23. The smallest absolute Gasteiger partial charge is 0.319 e. The molecule has 0 fully saturated rings. The Labute approximate surface area is 194 Å². The van der Waals surface area contributed by atoms with E-state index in [1.807, 2.05) is 18.2 Å². The van der Waals surface area contributed by atoms with E-state index in [1.54, 1.807) is 49.6 Å². The molecule has 1 aliphatic heterocycles. The number of nitrogens with one attached hydrogen (secondary N) is 4. The van der Waals surface area contributed by atoms with Gasteiger partial charge >= 0.3 is 6.03 Å². The number of hydrogen-bond acceptors (Lipinski definition) is 4. The molecule has 8 nitrogen and oxygen atoms in total. The van der Waals surface area contributed by atoms with E-state index in [0.29, 0.717) is 33.8 Å². The fourth-order valence-electron chi connectivity index (χ4n) is 4.07. The van der Waals surface area contributed by atoms with Crippen molar-refractivity contribution in [1.29, 1.82) is 0 Å². The van der Waals surface area contributed by atoms with Crippen molar-refractivity contribution in [1.82, 2.24) is 25.8 Å². The van der Waals surface area contributed by atoms with Crippen LogP contribution in [0, 0.1) is 5.82 Å². The minimum Gasteiger partial charge on any atom is -0.327 e. The lowest BCUT2D eigenvalue weighted by Gasteiger charge is -2.29. The van der Waals surface area contributed by atoms with Gasteiger partial charge in [-0.15, -0.1) is 0 Å². The maximum absolute atomic E-state index is 14.6. The second-order valence-corrected chi connectivity index (χ2v) is 8.05. The summed E-state index contributed by atoms with van der Waals surface area (Å²) in [4.78, 5) is 29.8. The van der Waals surface area contributed by atoms with Crippen molar-refractivity contribution in [2.45, 2.75) is 19.4 Å². The van der Waals surface area contributed by atoms with Crippen molar-refractivity contribution in [3.8, 4) is 0 Å². The number of H-pyrrole nitrogens is 1. The molecule has 3 amide bonds. The van der Waals surface area contributed by atoms with E-state index < -0.39 is 12.1 Å². The van der Waals surface area contributed by atoms with E-state index in [4.69, 9.17) is 0 Å². The molecule has 4 N–H and O–H groups in total. The second kappa shape index (κ2) is 8.78. The summed E-state index contributed by atoms with van der Waals surface area (Å²) in [6, 6.07) is 14.2. The Bertz CT molecular complexity index is 1430. The zero-order valence-electron chi connectivity index (χ0n) is 18.2. The summed E-state index contributed by atoms with van der Waals surface area (Å²) < 4.78 is 14.6. The average molecular weight is 456 g/mol. The fourth-order valence-corrected chi connectivity index (χ4v) is 4.07. The molecule has 2 aromatic carbocycles. The number of carbonyl (C=O) groups is 2. The molecule has 9 heteroatoms. The maximum atomic E-state index is 14.6. The highest BCUT2D eigenvalue weighted by Gasteiger charge is 2.31. The summed E-state index contributed by atoms with van der Waals surface area (Å²) in [5, 5.41) is 16.1. The summed E-state index contributed by atoms with van der Waals surface area (Å²) in [6.07, 6.45) is 3.61. The van der Waals surface area contributed by atoms with Crippen molar-refractivity contribution >= 4 is 28.5 Å². The topological polar surface area (TPSA) is 112 Å². The van der Waals surface area contributed by atoms with Gasteiger partial charge in [-0.2, -0.15) is 5.10 Å². The van der Waals surface area contributed by atoms with Crippen LogP contribution in [0.15, 0.2) is 78.3 Å². The van der Waals surface area contributed by atoms with Gasteiger partial charge in [0.15, 0.2) is 0 Å². The van der Waals surface area contributed by atoms with Crippen molar-refractivity contribution < 1.29 is 14.0 Å². The number of aromatic nitrogens is 3. The van der Waals surface area contributed by atoms with E-state index in [9.17, 15) is 14.0 Å². The van der Waals surface area contributed by atoms with Crippen molar-refractivity contribution in [3.63, 3.8) is 0 Å². The first-order valence-electron chi connectivity index (χ1n) is 10.7. The van der Waals surface area contributed by atoms with Crippen LogP contribution < -0.4 is 16.0 Å². The lowest BCUT2D eigenvalue weighted by Crippen LogP contribution is -2.46. The van der Waals surface area contributed by atoms with Crippen LogP contribution in [0.5, 0.6) is 0 Å². The van der Waals surface area contributed by atoms with E-state index in [0.717, 1.165) is 10.9 Å². The summed E-state index contributed by atoms with van der Waals surface area (Å²) in [5.74, 6) is -0.761. The molecule has 0 radical (unpaired) electrons. The minimum atomic E-state index is -0.755. The van der Waals surface area contributed by atoms with Crippen LogP contribution >= 0.6 is 0 Å². The average Bonchev–Trinajstić information content (AvgIpc) is 3.28. The van der Waals surface area contributed by atoms with E-state index in [-0.39, 0.29) is 18.1 Å². The maximum Gasteiger partial charge on any atom is 0.319 e. The molecular formula is C25H21FN6O2. The number of rotatable bonds is 5. The van der Waals surface area contributed by atoms with Gasteiger partial charge in [-0.3, -0.25) is 14.9 Å². The van der Waals surface area contributed by atoms with Gasteiger partial charge in [-0.05, 0) is 54.4 Å². The molecule has 3 heterocycles. The normalized spacial score (nSPS) is 15.7. The largest absolute Gasteiger partial charge is 0.327 e. The highest BCUT2D eigenvalue weighted by atomic mass is 19.1. The highest BCUT2D eigenvalue weighted by molar-refractivity contribution is 6.07. The zero-order chi connectivity index (χ0) is 23.7. The lowest BCUT2D eigenvalue weighted by molar-refractivity contribution is -0.113. The molecule has 5 rings (SSSR count). The summed E-state index contributed by atoms with van der Waals surface area (Å²) >= 11 is 0. The fraction of sp³-hybridized carbons (Fsp3) is 0.120. The molecule has 0 saturated carbocycles. The minimum absolute atomic E-state index is 0.286. The van der Waals surface area contributed by atoms with Crippen molar-refractivity contribution in [2.24, 2.45) is 0 Å². The molecule has 1 unspecified atom stereocenters. The van der Waals surface area contributed by atoms with Gasteiger partial charge in [0.2, 0.25) is 0 Å². The van der Waals surface area contributed by atoms with E-state index >= 15 is 0 Å². The monoisotopic (exact) mass is 456 g/mol. The zero-order valence-corrected chi connectivity index (χ0v) is 18.2. The van der Waals surface area contributed by atoms with Gasteiger partial charge in [-0.25, -0.2) is 9.18 Å². The number of carbonyl (C=O) groups excluding carboxylic acids is 2. The van der Waals surface area contributed by atoms with Gasteiger partial charge in [0.1, 0.15) is 5.82 Å². The third-order valence-electron chi connectivity index (χ3n) is 5.71. The Kier molecular flexibility index (Phi) is 5.51. The number of amides is 3. The number of halogens is 1. The quantitative estimate of drug-likeness (QED) is 0.364. The van der Waals surface area contributed by atoms with Gasteiger partial charge in [0, 0.05) is 35.1 Å². The van der Waals surface area contributed by atoms with Crippen LogP contribution in [0.1, 0.15) is 29.8 Å². The summed E-state index contributed by atoms with van der Waals surface area (Å²) in [7, 11) is 0. The lowest BCUT2D eigenvalue weighted by atomic mass is 9.92. The second-order valence-electron chi connectivity index (χ2n) is 8.05. The van der Waals surface area contributed by atoms with Gasteiger partial charge < -0.3 is 16.0 Å². The number of fused-ring (bicyclic) bond motifs is 1. The Balaban J connectivity index is 1.47. The number of allylic oxidation sites excluding steroid dienone is 1. The first kappa shape index (κ1) is 21.3. The molecule has 1 aliphatic rings. The van der Waals surface area contributed by atoms with Crippen molar-refractivity contribution in [3.05, 3.63) is 101 Å². The predicted molar refractivity (Wildman–Crippen MR) is 125 cm³/mol. The Morgan fingerprint density at radius 2 is 2.03 bits per heavy atom. The van der Waals surface area contributed by atoms with E-state index in [1.165, 1.54) is 6.07 Å². The molecular weight excluding hydrogens is 435 g/mol. The van der Waals surface area contributed by atoms with Gasteiger partial charge in [0.05, 0.1) is 23.3 Å². The van der Waals surface area contributed by atoms with Crippen LogP contribution in [-0.2, 0) is 11.2 Å². The number of benzene rings is 2. The number of anilines is 1. The number of hydrogen-bond donors (Lipinski definition) is 4. The number of nitrogens with zero attached hydrogens (tertiary/aromatic N) is 2. The Morgan fingerprint density at radius 1 is 1.15 bits per heavy atom. The third-order valence-corrected chi connectivity index (χ3v) is 5.71. The molecule has 2 aromatic heterocycles. The molecule has 0 saturated heterocycles. The first-order valence-corrected chi connectivity index (χ1v) is 10.7. The van der Waals surface area contributed by atoms with Crippen LogP contribution in [0.4, 0.5) is 14.9 Å². The van der Waals surface area contributed by atoms with Crippen LogP contribution in [0.3, 0.4) is 0 Å². The van der Waals surface area contributed by atoms with Crippen LogP contribution in [0.2, 0.25) is 0 Å². The molecule has 0 bridgehead atoms. The van der Waals surface area contributed by atoms with Gasteiger partial charge in [0.25, 0.3) is 5.91 Å². The highest BCUT2D eigenvalue weighted by Crippen LogP contribution is 2.30. The Morgan fingerprint density at radius 3 is 2.85 bits per heavy atom. The summed E-state index contributed by atoms with van der Waals surface area (Å²) in [5.41, 5.74) is 3.93. The SMILES string of the molecule is CC1=C(C(=O)Nc2ccc3[nH]ncc3c2)C(c2ccc(F)c(Cc3ccccn3)c2)NC(=O)N1. The van der Waals surface area contributed by atoms with Gasteiger partial charge in [-0.1, -0.05) is 18.2 Å². The standard InChI is InChI=1S/C25H21FN6O2/c1-14-22(24(33)30-19-6-8-21-17(12-19)13-28-32-21)23(31-25(34)29-14)15-5-7-20(26)16(10-15)11-18-4-2-3-9-27-18/h2-10,12-13,23H,11H2,1H3,(H,28,32)(H,30,33)(H2,29,31,34). The van der Waals surface area contributed by atoms with Crippen molar-refractivity contribution in [2.75, 3.05) is 5.32 Å². The number of pyridine rings is 1. The molecule has 0 spiro atoms. The predicted octanol–water partition coefficient (Wildman–Crippen LogP) is 3.95. The molecule has 4 aromatic rings. The van der Waals surface area contributed by atoms with E-state index in [2.05, 4.69) is 31.1 Å². The number of aromatic amines is 1. The Hall–Kier alpha value is -4.53. The van der Waals surface area contributed by atoms with Crippen LogP contribution in [0.25, 0.3) is 10.9 Å². The van der Waals surface area contributed by atoms with Crippen LogP contribution in [-0.4, -0.2) is 27.1 Å². The summed E-state index contributed by atoms with van der Waals surface area (Å²) in [6.45, 7) is 1.66. The molecule has 0 aliphatic carbocycles. The first-order chi connectivity index (χ1) is 16.5. The molecule has 1 atom stereocenters.